The van der Waals surface area contributed by atoms with Gasteiger partial charge in [0.25, 0.3) is 0 Å². The maximum Gasteiger partial charge on any atom is 0.0951 e. The highest BCUT2D eigenvalue weighted by atomic mass is 15.1. The third-order valence-corrected chi connectivity index (χ3v) is 2.15. The van der Waals surface area contributed by atoms with E-state index in [1.54, 1.807) is 0 Å². The molecule has 1 aromatic heterocycles. The summed E-state index contributed by atoms with van der Waals surface area (Å²) in [5.74, 6) is 0.461. The van der Waals surface area contributed by atoms with E-state index in [2.05, 4.69) is 31.8 Å². The van der Waals surface area contributed by atoms with Crippen LogP contribution < -0.4 is 0 Å². The van der Waals surface area contributed by atoms with Gasteiger partial charge in [0.15, 0.2) is 0 Å². The molecule has 0 fully saturated rings. The van der Waals surface area contributed by atoms with Gasteiger partial charge < -0.3 is 4.57 Å². The number of imidazole rings is 1. The largest absolute Gasteiger partial charge is 0.334 e. The quantitative estimate of drug-likeness (QED) is 0.763. The second-order valence-electron chi connectivity index (χ2n) is 3.47. The number of nitriles is 1. The standard InChI is InChI=1S/C10H15N3.C2H6/c1-8(2)10-9(3)13(7-12-10)6-4-5-11;1-2/h7-8H,4,6H2,1-3H3;1-2H3. The lowest BCUT2D eigenvalue weighted by Gasteiger charge is -2.04. The fraction of sp³-hybridized carbons (Fsp3) is 0.667. The molecule has 0 unspecified atom stereocenters. The zero-order valence-corrected chi connectivity index (χ0v) is 10.4. The zero-order valence-electron chi connectivity index (χ0n) is 10.4. The molecule has 0 bridgehead atoms. The Hall–Kier alpha value is -1.30. The van der Waals surface area contributed by atoms with Crippen LogP contribution in [0.5, 0.6) is 0 Å². The highest BCUT2D eigenvalue weighted by molar-refractivity contribution is 5.14. The van der Waals surface area contributed by atoms with Crippen molar-refractivity contribution in [1.82, 2.24) is 9.55 Å². The lowest BCUT2D eigenvalue weighted by Crippen LogP contribution is -1.99. The monoisotopic (exact) mass is 207 g/mol. The van der Waals surface area contributed by atoms with E-state index in [0.717, 1.165) is 12.2 Å². The minimum Gasteiger partial charge on any atom is -0.334 e. The van der Waals surface area contributed by atoms with Gasteiger partial charge in [-0.1, -0.05) is 27.7 Å². The molecule has 0 saturated carbocycles. The summed E-state index contributed by atoms with van der Waals surface area (Å²) in [6.45, 7) is 11.1. The molecule has 1 rings (SSSR count). The van der Waals surface area contributed by atoms with Crippen molar-refractivity contribution in [2.45, 2.75) is 53.5 Å². The smallest absolute Gasteiger partial charge is 0.0951 e. The molecule has 0 spiro atoms. The molecule has 0 amide bonds. The van der Waals surface area contributed by atoms with Gasteiger partial charge in [0.05, 0.1) is 24.5 Å². The summed E-state index contributed by atoms with van der Waals surface area (Å²) in [6.07, 6.45) is 2.37. The summed E-state index contributed by atoms with van der Waals surface area (Å²) in [5.41, 5.74) is 2.32. The lowest BCUT2D eigenvalue weighted by molar-refractivity contribution is 0.689. The van der Waals surface area contributed by atoms with Crippen LogP contribution in [0.2, 0.25) is 0 Å². The van der Waals surface area contributed by atoms with Crippen molar-refractivity contribution >= 4 is 0 Å². The fourth-order valence-corrected chi connectivity index (χ4v) is 1.42. The SMILES string of the molecule is CC.Cc1c(C(C)C)ncn1CCC#N. The molecular formula is C12H21N3. The van der Waals surface area contributed by atoms with Gasteiger partial charge >= 0.3 is 0 Å². The number of hydrogen-bond acceptors (Lipinski definition) is 2. The zero-order chi connectivity index (χ0) is 11.8. The highest BCUT2D eigenvalue weighted by Crippen LogP contribution is 2.16. The molecule has 84 valence electrons. The van der Waals surface area contributed by atoms with Crippen LogP contribution >= 0.6 is 0 Å². The van der Waals surface area contributed by atoms with Gasteiger partial charge in [-0.3, -0.25) is 0 Å². The predicted molar refractivity (Wildman–Crippen MR) is 62.6 cm³/mol. The normalized spacial score (nSPS) is 9.40. The van der Waals surface area contributed by atoms with Gasteiger partial charge in [-0.2, -0.15) is 5.26 Å². The Morgan fingerprint density at radius 3 is 2.47 bits per heavy atom. The van der Waals surface area contributed by atoms with Crippen molar-refractivity contribution in [2.75, 3.05) is 0 Å². The van der Waals surface area contributed by atoms with E-state index < -0.39 is 0 Å². The molecule has 0 N–H and O–H groups in total. The van der Waals surface area contributed by atoms with Crippen molar-refractivity contribution in [1.29, 1.82) is 5.26 Å². The summed E-state index contributed by atoms with van der Waals surface area (Å²) >= 11 is 0. The number of hydrogen-bond donors (Lipinski definition) is 0. The molecule has 1 aromatic rings. The Morgan fingerprint density at radius 2 is 2.07 bits per heavy atom. The van der Waals surface area contributed by atoms with Crippen LogP contribution in [0.3, 0.4) is 0 Å². The number of aryl methyl sites for hydroxylation is 1. The average Bonchev–Trinajstić information content (AvgIpc) is 2.60. The van der Waals surface area contributed by atoms with E-state index in [-0.39, 0.29) is 0 Å². The summed E-state index contributed by atoms with van der Waals surface area (Å²) in [4.78, 5) is 4.32. The molecule has 0 atom stereocenters. The molecule has 0 aliphatic rings. The van der Waals surface area contributed by atoms with E-state index in [9.17, 15) is 0 Å². The topological polar surface area (TPSA) is 41.6 Å². The summed E-state index contributed by atoms with van der Waals surface area (Å²) in [5, 5.41) is 8.45. The van der Waals surface area contributed by atoms with Crippen LogP contribution in [0, 0.1) is 18.3 Å². The van der Waals surface area contributed by atoms with E-state index in [0.29, 0.717) is 12.3 Å². The summed E-state index contributed by atoms with van der Waals surface area (Å²) < 4.78 is 2.04. The maximum absolute atomic E-state index is 8.45. The van der Waals surface area contributed by atoms with Gasteiger partial charge in [-0.25, -0.2) is 4.98 Å². The molecule has 15 heavy (non-hydrogen) atoms. The van der Waals surface area contributed by atoms with Crippen LogP contribution in [-0.4, -0.2) is 9.55 Å². The van der Waals surface area contributed by atoms with Crippen molar-refractivity contribution < 1.29 is 0 Å². The summed E-state index contributed by atoms with van der Waals surface area (Å²) in [6, 6.07) is 2.13. The average molecular weight is 207 g/mol. The molecule has 0 radical (unpaired) electrons. The molecule has 1 heterocycles. The molecule has 0 saturated heterocycles. The Kier molecular flexibility index (Phi) is 6.44. The summed E-state index contributed by atoms with van der Waals surface area (Å²) in [7, 11) is 0. The van der Waals surface area contributed by atoms with Crippen LogP contribution in [0.15, 0.2) is 6.33 Å². The molecular weight excluding hydrogens is 186 g/mol. The van der Waals surface area contributed by atoms with E-state index in [1.807, 2.05) is 24.7 Å². The van der Waals surface area contributed by atoms with Crippen LogP contribution in [-0.2, 0) is 6.54 Å². The molecule has 3 heteroatoms. The first-order chi connectivity index (χ1) is 7.16. The maximum atomic E-state index is 8.45. The van der Waals surface area contributed by atoms with Gasteiger partial charge in [0.1, 0.15) is 0 Å². The van der Waals surface area contributed by atoms with Gasteiger partial charge in [-0.15, -0.1) is 0 Å². The number of rotatable bonds is 3. The van der Waals surface area contributed by atoms with E-state index in [1.165, 1.54) is 5.69 Å². The molecule has 3 nitrogen and oxygen atoms in total. The Balaban J connectivity index is 0.000000921. The van der Waals surface area contributed by atoms with E-state index in [4.69, 9.17) is 5.26 Å². The van der Waals surface area contributed by atoms with Gasteiger partial charge in [-0.05, 0) is 12.8 Å². The first-order valence-electron chi connectivity index (χ1n) is 5.55. The van der Waals surface area contributed by atoms with Crippen LogP contribution in [0.1, 0.15) is 51.4 Å². The highest BCUT2D eigenvalue weighted by Gasteiger charge is 2.08. The van der Waals surface area contributed by atoms with Crippen molar-refractivity contribution in [3.8, 4) is 6.07 Å². The minimum absolute atomic E-state index is 0.461. The third kappa shape index (κ3) is 3.75. The van der Waals surface area contributed by atoms with Crippen molar-refractivity contribution in [2.24, 2.45) is 0 Å². The first-order valence-corrected chi connectivity index (χ1v) is 5.55. The van der Waals surface area contributed by atoms with Gasteiger partial charge in [0.2, 0.25) is 0 Å². The molecule has 0 aliphatic heterocycles. The van der Waals surface area contributed by atoms with Crippen molar-refractivity contribution in [3.05, 3.63) is 17.7 Å². The Morgan fingerprint density at radius 1 is 1.47 bits per heavy atom. The van der Waals surface area contributed by atoms with Crippen LogP contribution in [0.4, 0.5) is 0 Å². The Bertz CT molecular complexity index is 318. The third-order valence-electron chi connectivity index (χ3n) is 2.15. The Labute approximate surface area is 92.8 Å². The molecule has 0 aliphatic carbocycles. The first kappa shape index (κ1) is 13.7. The molecule has 0 aromatic carbocycles. The van der Waals surface area contributed by atoms with Gasteiger partial charge in [0, 0.05) is 12.2 Å². The van der Waals surface area contributed by atoms with Crippen LogP contribution in [0.25, 0.3) is 0 Å². The number of nitrogens with zero attached hydrogens (tertiary/aromatic N) is 3. The second kappa shape index (κ2) is 7.05. The number of aromatic nitrogens is 2. The van der Waals surface area contributed by atoms with E-state index >= 15 is 0 Å². The lowest BCUT2D eigenvalue weighted by atomic mass is 10.1. The minimum atomic E-state index is 0.461. The van der Waals surface area contributed by atoms with Crippen molar-refractivity contribution in [3.63, 3.8) is 0 Å². The fourth-order valence-electron chi connectivity index (χ4n) is 1.42. The predicted octanol–water partition coefficient (Wildman–Crippen LogP) is 3.25. The second-order valence-corrected chi connectivity index (χ2v) is 3.47.